The summed E-state index contributed by atoms with van der Waals surface area (Å²) in [6, 6.07) is 11.4. The number of amides is 2. The Bertz CT molecular complexity index is 863. The minimum absolute atomic E-state index is 0.0476. The van der Waals surface area contributed by atoms with E-state index in [0.29, 0.717) is 13.0 Å². The number of anilines is 1. The minimum Gasteiger partial charge on any atom is -0.469 e. The maximum absolute atomic E-state index is 13.2. The maximum Gasteiger partial charge on any atom is 0.305 e. The van der Waals surface area contributed by atoms with Gasteiger partial charge in [-0.2, -0.15) is 0 Å². The minimum atomic E-state index is -0.453. The van der Waals surface area contributed by atoms with Crippen LogP contribution in [0, 0.1) is 12.8 Å². The molecule has 7 heteroatoms. The topological polar surface area (TPSA) is 66.9 Å². The average molecular weight is 415 g/mol. The van der Waals surface area contributed by atoms with Gasteiger partial charge in [-0.05, 0) is 36.9 Å². The number of hydrogen-bond donors (Lipinski definition) is 0. The Morgan fingerprint density at radius 1 is 1.24 bits per heavy atom. The number of nitrogens with zero attached hydrogens (tertiary/aromatic N) is 2. The third kappa shape index (κ3) is 4.67. The van der Waals surface area contributed by atoms with Crippen molar-refractivity contribution in [3.05, 3.63) is 52.2 Å². The number of esters is 1. The van der Waals surface area contributed by atoms with Crippen LogP contribution in [0.15, 0.2) is 41.8 Å². The molecule has 2 unspecified atom stereocenters. The van der Waals surface area contributed by atoms with Crippen molar-refractivity contribution in [2.24, 2.45) is 5.92 Å². The van der Waals surface area contributed by atoms with Gasteiger partial charge in [0.1, 0.15) is 0 Å². The molecule has 1 fully saturated rings. The van der Waals surface area contributed by atoms with E-state index in [1.54, 1.807) is 28.2 Å². The van der Waals surface area contributed by atoms with Crippen molar-refractivity contribution >= 4 is 34.8 Å². The first-order valence-electron chi connectivity index (χ1n) is 9.66. The molecule has 1 aliphatic heterocycles. The van der Waals surface area contributed by atoms with Crippen LogP contribution in [0.2, 0.25) is 0 Å². The molecule has 0 spiro atoms. The van der Waals surface area contributed by atoms with Gasteiger partial charge in [0.25, 0.3) is 0 Å². The standard InChI is InChI=1S/C22H26N2O4S/c1-15-8-10-16(11-9-15)24-19(25)14-17(21(24)18-6-5-13-29-18)22(27)23(2)12-4-7-20(26)28-3/h5-6,8-11,13,17,21H,4,7,12,14H2,1-3H3. The van der Waals surface area contributed by atoms with Crippen LogP contribution >= 0.6 is 11.3 Å². The van der Waals surface area contributed by atoms with Gasteiger partial charge < -0.3 is 14.5 Å². The summed E-state index contributed by atoms with van der Waals surface area (Å²) >= 11 is 1.56. The molecule has 0 bridgehead atoms. The molecular formula is C22H26N2O4S. The Hall–Kier alpha value is -2.67. The van der Waals surface area contributed by atoms with Gasteiger partial charge in [-0.15, -0.1) is 11.3 Å². The second-order valence-electron chi connectivity index (χ2n) is 7.31. The number of thiophene rings is 1. The molecule has 2 amide bonds. The lowest BCUT2D eigenvalue weighted by Gasteiger charge is -2.29. The van der Waals surface area contributed by atoms with E-state index >= 15 is 0 Å². The number of carbonyl (C=O) groups is 3. The van der Waals surface area contributed by atoms with E-state index < -0.39 is 5.92 Å². The summed E-state index contributed by atoms with van der Waals surface area (Å²) in [6.07, 6.45) is 0.971. The Morgan fingerprint density at radius 2 is 1.97 bits per heavy atom. The van der Waals surface area contributed by atoms with Crippen molar-refractivity contribution in [2.75, 3.05) is 25.6 Å². The lowest BCUT2D eigenvalue weighted by atomic mass is 9.96. The normalized spacial score (nSPS) is 18.7. The summed E-state index contributed by atoms with van der Waals surface area (Å²) < 4.78 is 4.65. The Morgan fingerprint density at radius 3 is 2.59 bits per heavy atom. The number of rotatable bonds is 7. The van der Waals surface area contributed by atoms with Gasteiger partial charge in [0, 0.05) is 37.0 Å². The summed E-state index contributed by atoms with van der Waals surface area (Å²) in [4.78, 5) is 41.9. The Kier molecular flexibility index (Phi) is 6.69. The van der Waals surface area contributed by atoms with E-state index in [9.17, 15) is 14.4 Å². The molecule has 0 N–H and O–H groups in total. The SMILES string of the molecule is COC(=O)CCCN(C)C(=O)C1CC(=O)N(c2ccc(C)cc2)C1c1cccs1. The largest absolute Gasteiger partial charge is 0.469 e. The third-order valence-electron chi connectivity index (χ3n) is 5.26. The summed E-state index contributed by atoms with van der Waals surface area (Å²) in [7, 11) is 3.08. The molecule has 2 atom stereocenters. The fourth-order valence-electron chi connectivity index (χ4n) is 3.71. The number of aryl methyl sites for hydroxylation is 1. The van der Waals surface area contributed by atoms with Gasteiger partial charge in [0.05, 0.1) is 19.1 Å². The van der Waals surface area contributed by atoms with Crippen LogP contribution in [-0.2, 0) is 19.1 Å². The fraction of sp³-hybridized carbons (Fsp3) is 0.409. The molecule has 1 aromatic heterocycles. The highest BCUT2D eigenvalue weighted by molar-refractivity contribution is 7.10. The predicted octanol–water partition coefficient (Wildman–Crippen LogP) is 3.56. The number of hydrogen-bond acceptors (Lipinski definition) is 5. The lowest BCUT2D eigenvalue weighted by molar-refractivity contribution is -0.141. The second-order valence-corrected chi connectivity index (χ2v) is 8.29. The number of carbonyl (C=O) groups excluding carboxylic acids is 3. The van der Waals surface area contributed by atoms with E-state index in [-0.39, 0.29) is 36.7 Å². The molecule has 2 heterocycles. The zero-order valence-corrected chi connectivity index (χ0v) is 17.8. The average Bonchev–Trinajstić information content (AvgIpc) is 3.35. The number of ether oxygens (including phenoxy) is 1. The van der Waals surface area contributed by atoms with E-state index in [4.69, 9.17) is 0 Å². The van der Waals surface area contributed by atoms with Gasteiger partial charge in [0.15, 0.2) is 0 Å². The Balaban J connectivity index is 1.82. The summed E-state index contributed by atoms with van der Waals surface area (Å²) in [5.41, 5.74) is 1.92. The quantitative estimate of drug-likeness (QED) is 0.650. The van der Waals surface area contributed by atoms with E-state index in [1.807, 2.05) is 48.7 Å². The number of methoxy groups -OCH3 is 1. The summed E-state index contributed by atoms with van der Waals surface area (Å²) in [5, 5.41) is 1.97. The highest BCUT2D eigenvalue weighted by Gasteiger charge is 2.46. The molecular weight excluding hydrogens is 388 g/mol. The molecule has 1 aromatic carbocycles. The zero-order chi connectivity index (χ0) is 21.0. The summed E-state index contributed by atoms with van der Waals surface area (Å²) in [5.74, 6) is -0.862. The van der Waals surface area contributed by atoms with Crippen LogP contribution in [0.4, 0.5) is 5.69 Å². The van der Waals surface area contributed by atoms with Crippen LogP contribution in [0.3, 0.4) is 0 Å². The van der Waals surface area contributed by atoms with Gasteiger partial charge in [-0.1, -0.05) is 23.8 Å². The third-order valence-corrected chi connectivity index (χ3v) is 6.21. The van der Waals surface area contributed by atoms with E-state index in [2.05, 4.69) is 4.74 Å². The second kappa shape index (κ2) is 9.22. The molecule has 1 saturated heterocycles. The molecule has 0 saturated carbocycles. The zero-order valence-electron chi connectivity index (χ0n) is 17.0. The molecule has 29 heavy (non-hydrogen) atoms. The highest BCUT2D eigenvalue weighted by Crippen LogP contribution is 2.43. The monoisotopic (exact) mass is 414 g/mol. The molecule has 154 valence electrons. The van der Waals surface area contributed by atoms with Crippen molar-refractivity contribution in [3.8, 4) is 0 Å². The van der Waals surface area contributed by atoms with Crippen molar-refractivity contribution in [1.29, 1.82) is 0 Å². The van der Waals surface area contributed by atoms with Crippen molar-refractivity contribution in [2.45, 2.75) is 32.2 Å². The van der Waals surface area contributed by atoms with Crippen molar-refractivity contribution < 1.29 is 19.1 Å². The van der Waals surface area contributed by atoms with Gasteiger partial charge >= 0.3 is 5.97 Å². The Labute approximate surface area is 175 Å². The molecule has 1 aliphatic rings. The summed E-state index contributed by atoms with van der Waals surface area (Å²) in [6.45, 7) is 2.45. The van der Waals surface area contributed by atoms with Crippen LogP contribution in [0.5, 0.6) is 0 Å². The molecule has 6 nitrogen and oxygen atoms in total. The van der Waals surface area contributed by atoms with Crippen LogP contribution in [0.25, 0.3) is 0 Å². The van der Waals surface area contributed by atoms with E-state index in [0.717, 1.165) is 16.1 Å². The molecule has 0 radical (unpaired) electrons. The smallest absolute Gasteiger partial charge is 0.305 e. The predicted molar refractivity (Wildman–Crippen MR) is 113 cm³/mol. The first-order chi connectivity index (χ1) is 13.9. The molecule has 3 rings (SSSR count). The highest BCUT2D eigenvalue weighted by atomic mass is 32.1. The van der Waals surface area contributed by atoms with Crippen LogP contribution in [-0.4, -0.2) is 43.4 Å². The molecule has 0 aliphatic carbocycles. The van der Waals surface area contributed by atoms with Gasteiger partial charge in [0.2, 0.25) is 11.8 Å². The van der Waals surface area contributed by atoms with Crippen molar-refractivity contribution in [1.82, 2.24) is 4.90 Å². The lowest BCUT2D eigenvalue weighted by Crippen LogP contribution is -2.37. The van der Waals surface area contributed by atoms with Crippen molar-refractivity contribution in [3.63, 3.8) is 0 Å². The van der Waals surface area contributed by atoms with Crippen LogP contribution in [0.1, 0.15) is 35.7 Å². The first-order valence-corrected chi connectivity index (χ1v) is 10.5. The first kappa shape index (κ1) is 21.0. The van der Waals surface area contributed by atoms with Gasteiger partial charge in [-0.25, -0.2) is 0 Å². The van der Waals surface area contributed by atoms with Crippen LogP contribution < -0.4 is 4.90 Å². The number of benzene rings is 1. The van der Waals surface area contributed by atoms with E-state index in [1.165, 1.54) is 7.11 Å². The maximum atomic E-state index is 13.2. The fourth-order valence-corrected chi connectivity index (χ4v) is 4.59. The van der Waals surface area contributed by atoms with Gasteiger partial charge in [-0.3, -0.25) is 14.4 Å². The molecule has 2 aromatic rings.